The minimum Gasteiger partial charge on any atom is -0.496 e. The van der Waals surface area contributed by atoms with Gasteiger partial charge in [0.2, 0.25) is 5.91 Å². The lowest BCUT2D eigenvalue weighted by Gasteiger charge is -2.25. The summed E-state index contributed by atoms with van der Waals surface area (Å²) in [6.07, 6.45) is 2.39. The molecule has 1 amide bonds. The number of carbonyl (C=O) groups is 1. The molecule has 1 aliphatic heterocycles. The number of para-hydroxylation sites is 1. The standard InChI is InChI=1S/C22H23ClN2O3/c1-27-21-9-5-3-7-18(21)20-12-17(28-24-20)14-25(22(26)15-10-11-15)13-16-6-2-4-8-19(16)23/h2-9,15,17H,10-14H2,1H3/t17-/m1/s1. The molecule has 2 aromatic carbocycles. The molecule has 0 saturated heterocycles. The van der Waals surface area contributed by atoms with E-state index >= 15 is 0 Å². The molecule has 1 saturated carbocycles. The van der Waals surface area contributed by atoms with Gasteiger partial charge in [0.1, 0.15) is 5.75 Å². The fourth-order valence-electron chi connectivity index (χ4n) is 3.47. The van der Waals surface area contributed by atoms with Gasteiger partial charge in [0.25, 0.3) is 0 Å². The van der Waals surface area contributed by atoms with E-state index in [1.807, 2.05) is 53.4 Å². The maximum Gasteiger partial charge on any atom is 0.226 e. The van der Waals surface area contributed by atoms with Gasteiger partial charge in [-0.15, -0.1) is 0 Å². The monoisotopic (exact) mass is 398 g/mol. The summed E-state index contributed by atoms with van der Waals surface area (Å²) in [5.41, 5.74) is 2.72. The Morgan fingerprint density at radius 2 is 1.96 bits per heavy atom. The number of rotatable bonds is 7. The molecule has 4 rings (SSSR count). The molecular weight excluding hydrogens is 376 g/mol. The zero-order valence-corrected chi connectivity index (χ0v) is 16.6. The van der Waals surface area contributed by atoms with E-state index in [-0.39, 0.29) is 17.9 Å². The molecule has 1 aliphatic carbocycles. The number of benzene rings is 2. The molecule has 0 unspecified atom stereocenters. The number of nitrogens with zero attached hydrogens (tertiary/aromatic N) is 2. The van der Waals surface area contributed by atoms with Crippen molar-refractivity contribution in [1.29, 1.82) is 0 Å². The topological polar surface area (TPSA) is 51.1 Å². The third kappa shape index (κ3) is 4.14. The number of ether oxygens (including phenoxy) is 1. The van der Waals surface area contributed by atoms with Crippen LogP contribution in [0.5, 0.6) is 5.75 Å². The number of hydrogen-bond acceptors (Lipinski definition) is 4. The molecule has 5 nitrogen and oxygen atoms in total. The highest BCUT2D eigenvalue weighted by atomic mass is 35.5. The maximum absolute atomic E-state index is 12.8. The van der Waals surface area contributed by atoms with Gasteiger partial charge < -0.3 is 14.5 Å². The van der Waals surface area contributed by atoms with Crippen molar-refractivity contribution >= 4 is 23.2 Å². The molecule has 2 aromatic rings. The fraction of sp³-hybridized carbons (Fsp3) is 0.364. The van der Waals surface area contributed by atoms with Crippen molar-refractivity contribution in [3.8, 4) is 5.75 Å². The molecule has 0 bridgehead atoms. The van der Waals surface area contributed by atoms with E-state index < -0.39 is 0 Å². The Morgan fingerprint density at radius 3 is 2.71 bits per heavy atom. The number of carbonyl (C=O) groups excluding carboxylic acids is 1. The molecule has 6 heteroatoms. The molecule has 1 heterocycles. The lowest BCUT2D eigenvalue weighted by atomic mass is 10.0. The summed E-state index contributed by atoms with van der Waals surface area (Å²) in [6, 6.07) is 15.4. The summed E-state index contributed by atoms with van der Waals surface area (Å²) >= 11 is 6.32. The Balaban J connectivity index is 1.46. The molecule has 146 valence electrons. The van der Waals surface area contributed by atoms with Gasteiger partial charge in [-0.05, 0) is 36.6 Å². The average Bonchev–Trinajstić information content (AvgIpc) is 3.47. The third-order valence-corrected chi connectivity index (χ3v) is 5.50. The maximum atomic E-state index is 12.8. The smallest absolute Gasteiger partial charge is 0.226 e. The first-order valence-electron chi connectivity index (χ1n) is 9.54. The number of hydrogen-bond donors (Lipinski definition) is 0. The number of methoxy groups -OCH3 is 1. The number of amides is 1. The molecule has 28 heavy (non-hydrogen) atoms. The van der Waals surface area contributed by atoms with E-state index in [0.29, 0.717) is 24.5 Å². The predicted molar refractivity (Wildman–Crippen MR) is 109 cm³/mol. The molecule has 0 aromatic heterocycles. The highest BCUT2D eigenvalue weighted by Gasteiger charge is 2.36. The van der Waals surface area contributed by atoms with Crippen LogP contribution >= 0.6 is 11.6 Å². The minimum atomic E-state index is -0.176. The van der Waals surface area contributed by atoms with Crippen LogP contribution in [0.4, 0.5) is 0 Å². The van der Waals surface area contributed by atoms with Crippen LogP contribution in [0.1, 0.15) is 30.4 Å². The second kappa shape index (κ2) is 8.23. The summed E-state index contributed by atoms with van der Waals surface area (Å²) in [4.78, 5) is 20.4. The van der Waals surface area contributed by atoms with Crippen LogP contribution in [-0.4, -0.2) is 36.3 Å². The van der Waals surface area contributed by atoms with Gasteiger partial charge in [0.15, 0.2) is 6.10 Å². The van der Waals surface area contributed by atoms with Gasteiger partial charge >= 0.3 is 0 Å². The zero-order valence-electron chi connectivity index (χ0n) is 15.8. The normalized spacial score (nSPS) is 18.4. The Kier molecular flexibility index (Phi) is 5.53. The Morgan fingerprint density at radius 1 is 1.21 bits per heavy atom. The van der Waals surface area contributed by atoms with Crippen LogP contribution in [0, 0.1) is 5.92 Å². The lowest BCUT2D eigenvalue weighted by Crippen LogP contribution is -2.38. The fourth-order valence-corrected chi connectivity index (χ4v) is 3.66. The van der Waals surface area contributed by atoms with Crippen molar-refractivity contribution in [1.82, 2.24) is 4.90 Å². The summed E-state index contributed by atoms with van der Waals surface area (Å²) in [5.74, 6) is 1.08. The van der Waals surface area contributed by atoms with E-state index in [4.69, 9.17) is 21.2 Å². The highest BCUT2D eigenvalue weighted by Crippen LogP contribution is 2.33. The molecule has 2 aliphatic rings. The first-order chi connectivity index (χ1) is 13.7. The third-order valence-electron chi connectivity index (χ3n) is 5.13. The van der Waals surface area contributed by atoms with Gasteiger partial charge in [-0.2, -0.15) is 0 Å². The van der Waals surface area contributed by atoms with E-state index in [1.165, 1.54) is 0 Å². The van der Waals surface area contributed by atoms with Gasteiger partial charge in [-0.1, -0.05) is 47.1 Å². The Bertz CT molecular complexity index is 895. The van der Waals surface area contributed by atoms with Crippen molar-refractivity contribution in [3.63, 3.8) is 0 Å². The van der Waals surface area contributed by atoms with Crippen molar-refractivity contribution < 1.29 is 14.4 Å². The van der Waals surface area contributed by atoms with Gasteiger partial charge in [-0.3, -0.25) is 4.79 Å². The highest BCUT2D eigenvalue weighted by molar-refractivity contribution is 6.31. The van der Waals surface area contributed by atoms with Crippen LogP contribution in [0.2, 0.25) is 5.02 Å². The molecule has 1 atom stereocenters. The van der Waals surface area contributed by atoms with Crippen LogP contribution in [-0.2, 0) is 16.2 Å². The summed E-state index contributed by atoms with van der Waals surface area (Å²) < 4.78 is 5.43. The summed E-state index contributed by atoms with van der Waals surface area (Å²) in [6.45, 7) is 0.974. The second-order valence-corrected chi connectivity index (χ2v) is 7.66. The van der Waals surface area contributed by atoms with Crippen molar-refractivity contribution in [2.24, 2.45) is 11.1 Å². The Hall–Kier alpha value is -2.53. The van der Waals surface area contributed by atoms with Crippen molar-refractivity contribution in [2.75, 3.05) is 13.7 Å². The SMILES string of the molecule is COc1ccccc1C1=NO[C@@H](CN(Cc2ccccc2Cl)C(=O)C2CC2)C1. The van der Waals surface area contributed by atoms with E-state index in [0.717, 1.165) is 35.4 Å². The largest absolute Gasteiger partial charge is 0.496 e. The molecular formula is C22H23ClN2O3. The van der Waals surface area contributed by atoms with E-state index in [1.54, 1.807) is 7.11 Å². The second-order valence-electron chi connectivity index (χ2n) is 7.25. The van der Waals surface area contributed by atoms with Gasteiger partial charge in [0.05, 0.1) is 19.4 Å². The average molecular weight is 399 g/mol. The predicted octanol–water partition coefficient (Wildman–Crippen LogP) is 4.28. The van der Waals surface area contributed by atoms with Gasteiger partial charge in [-0.25, -0.2) is 0 Å². The quantitative estimate of drug-likeness (QED) is 0.699. The molecule has 0 radical (unpaired) electrons. The van der Waals surface area contributed by atoms with E-state index in [2.05, 4.69) is 5.16 Å². The first kappa shape index (κ1) is 18.8. The van der Waals surface area contributed by atoms with Crippen molar-refractivity contribution in [3.05, 3.63) is 64.7 Å². The molecule has 0 spiro atoms. The van der Waals surface area contributed by atoms with Crippen molar-refractivity contribution in [2.45, 2.75) is 31.9 Å². The minimum absolute atomic E-state index is 0.137. The lowest BCUT2D eigenvalue weighted by molar-refractivity contribution is -0.135. The summed E-state index contributed by atoms with van der Waals surface area (Å²) in [5, 5.41) is 4.94. The molecule has 1 fully saturated rings. The summed E-state index contributed by atoms with van der Waals surface area (Å²) in [7, 11) is 1.65. The van der Waals surface area contributed by atoms with E-state index in [9.17, 15) is 4.79 Å². The number of oxime groups is 1. The molecule has 0 N–H and O–H groups in total. The van der Waals surface area contributed by atoms with Crippen LogP contribution in [0.25, 0.3) is 0 Å². The first-order valence-corrected chi connectivity index (χ1v) is 9.91. The van der Waals surface area contributed by atoms with Crippen LogP contribution < -0.4 is 4.74 Å². The van der Waals surface area contributed by atoms with Crippen LogP contribution in [0.3, 0.4) is 0 Å². The number of halogens is 1. The zero-order chi connectivity index (χ0) is 19.5. The van der Waals surface area contributed by atoms with Gasteiger partial charge in [0, 0.05) is 29.5 Å². The van der Waals surface area contributed by atoms with Crippen LogP contribution in [0.15, 0.2) is 53.7 Å². The Labute approximate surface area is 169 Å².